The molecule has 150 valence electrons. The summed E-state index contributed by atoms with van der Waals surface area (Å²) in [5.74, 6) is 0.626. The summed E-state index contributed by atoms with van der Waals surface area (Å²) < 4.78 is 5.63. The molecule has 0 aliphatic heterocycles. The summed E-state index contributed by atoms with van der Waals surface area (Å²) in [5.41, 5.74) is 8.81. The summed E-state index contributed by atoms with van der Waals surface area (Å²) in [7, 11) is 3.67. The lowest BCUT2D eigenvalue weighted by Gasteiger charge is -2.38. The highest BCUT2D eigenvalue weighted by molar-refractivity contribution is 7.98. The highest BCUT2D eigenvalue weighted by Crippen LogP contribution is 2.42. The molecule has 1 aliphatic rings. The van der Waals surface area contributed by atoms with Crippen LogP contribution in [0.3, 0.4) is 0 Å². The molecule has 4 nitrogen and oxygen atoms in total. The average molecular weight is 399 g/mol. The number of nitrogens with two attached hydrogens (primary N) is 1. The van der Waals surface area contributed by atoms with Gasteiger partial charge < -0.3 is 15.8 Å². The third kappa shape index (κ3) is 4.20. The van der Waals surface area contributed by atoms with Crippen molar-refractivity contribution in [1.29, 1.82) is 0 Å². The minimum Gasteiger partial charge on any atom is -0.496 e. The van der Waals surface area contributed by atoms with Crippen molar-refractivity contribution in [3.05, 3.63) is 48.0 Å². The fourth-order valence-electron chi connectivity index (χ4n) is 4.30. The second-order valence-corrected chi connectivity index (χ2v) is 8.46. The molecule has 0 spiro atoms. The molecule has 2 aromatic rings. The number of nitrogens with one attached hydrogen (secondary N) is 1. The van der Waals surface area contributed by atoms with Crippen molar-refractivity contribution in [1.82, 2.24) is 5.32 Å². The molecule has 0 bridgehead atoms. The zero-order chi connectivity index (χ0) is 20.1. The van der Waals surface area contributed by atoms with E-state index in [9.17, 15) is 4.79 Å². The topological polar surface area (TPSA) is 64.3 Å². The first-order chi connectivity index (χ1) is 13.5. The minimum atomic E-state index is -0.502. The van der Waals surface area contributed by atoms with Gasteiger partial charge in [-0.05, 0) is 80.3 Å². The van der Waals surface area contributed by atoms with Gasteiger partial charge >= 0.3 is 0 Å². The van der Waals surface area contributed by atoms with Crippen molar-refractivity contribution in [2.75, 3.05) is 20.4 Å². The largest absolute Gasteiger partial charge is 0.496 e. The standard InChI is InChI=1S/C23H30N2O2S/c1-25-18-10-12-23(13-11-18,22(24)26)15-17-14-16(8-9-20(17)27-2)19-6-4-5-7-21(19)28-3/h4-9,14,18,25H,10-13,15H2,1-3H3,(H2,24,26). The van der Waals surface area contributed by atoms with Crippen molar-refractivity contribution < 1.29 is 9.53 Å². The summed E-state index contributed by atoms with van der Waals surface area (Å²) in [5, 5.41) is 3.33. The van der Waals surface area contributed by atoms with Crippen LogP contribution in [-0.2, 0) is 11.2 Å². The Hall–Kier alpha value is -1.98. The van der Waals surface area contributed by atoms with Crippen LogP contribution in [0.15, 0.2) is 47.4 Å². The first kappa shape index (κ1) is 20.7. The number of carbonyl (C=O) groups excluding carboxylic acids is 1. The zero-order valence-corrected chi connectivity index (χ0v) is 17.8. The minimum absolute atomic E-state index is 0.195. The maximum absolute atomic E-state index is 12.5. The predicted molar refractivity (Wildman–Crippen MR) is 117 cm³/mol. The van der Waals surface area contributed by atoms with Crippen molar-refractivity contribution >= 4 is 17.7 Å². The maximum Gasteiger partial charge on any atom is 0.223 e. The molecule has 1 amide bonds. The van der Waals surface area contributed by atoms with E-state index in [-0.39, 0.29) is 5.91 Å². The van der Waals surface area contributed by atoms with Crippen molar-refractivity contribution in [3.8, 4) is 16.9 Å². The van der Waals surface area contributed by atoms with Crippen LogP contribution in [0.1, 0.15) is 31.2 Å². The first-order valence-electron chi connectivity index (χ1n) is 9.80. The van der Waals surface area contributed by atoms with E-state index in [4.69, 9.17) is 10.5 Å². The quantitative estimate of drug-likeness (QED) is 0.684. The van der Waals surface area contributed by atoms with Crippen LogP contribution in [0, 0.1) is 5.41 Å². The number of ether oxygens (including phenoxy) is 1. The van der Waals surface area contributed by atoms with Gasteiger partial charge in [-0.3, -0.25) is 4.79 Å². The molecule has 1 aliphatic carbocycles. The SMILES string of the molecule is CNC1CCC(Cc2cc(-c3ccccc3SC)ccc2OC)(C(N)=O)CC1. The molecule has 0 aromatic heterocycles. The molecule has 5 heteroatoms. The predicted octanol–water partition coefficient (Wildman–Crippen LogP) is 4.26. The number of amides is 1. The fourth-order valence-corrected chi connectivity index (χ4v) is 4.92. The summed E-state index contributed by atoms with van der Waals surface area (Å²) >= 11 is 1.74. The van der Waals surface area contributed by atoms with Crippen molar-refractivity contribution in [2.24, 2.45) is 11.1 Å². The van der Waals surface area contributed by atoms with E-state index >= 15 is 0 Å². The van der Waals surface area contributed by atoms with E-state index in [1.165, 1.54) is 10.5 Å². The smallest absolute Gasteiger partial charge is 0.223 e. The van der Waals surface area contributed by atoms with E-state index in [0.29, 0.717) is 12.5 Å². The molecule has 0 heterocycles. The van der Waals surface area contributed by atoms with Gasteiger partial charge in [0.05, 0.1) is 12.5 Å². The summed E-state index contributed by atoms with van der Waals surface area (Å²) in [4.78, 5) is 13.7. The van der Waals surface area contributed by atoms with E-state index in [0.717, 1.165) is 42.6 Å². The van der Waals surface area contributed by atoms with E-state index in [2.05, 4.69) is 48.0 Å². The van der Waals surface area contributed by atoms with Crippen LogP contribution < -0.4 is 15.8 Å². The van der Waals surface area contributed by atoms with Gasteiger partial charge in [0.25, 0.3) is 0 Å². The second-order valence-electron chi connectivity index (χ2n) is 7.61. The Morgan fingerprint density at radius 1 is 1.25 bits per heavy atom. The number of thioether (sulfide) groups is 1. The van der Waals surface area contributed by atoms with Crippen molar-refractivity contribution in [3.63, 3.8) is 0 Å². The fraction of sp³-hybridized carbons (Fsp3) is 0.435. The molecule has 1 saturated carbocycles. The molecule has 0 unspecified atom stereocenters. The number of methoxy groups -OCH3 is 1. The Labute approximate surface area is 172 Å². The summed E-state index contributed by atoms with van der Waals surface area (Å²) in [6.07, 6.45) is 6.27. The van der Waals surface area contributed by atoms with Crippen LogP contribution in [0.2, 0.25) is 0 Å². The van der Waals surface area contributed by atoms with Gasteiger partial charge in [0.2, 0.25) is 5.91 Å². The van der Waals surface area contributed by atoms with Crippen LogP contribution in [-0.4, -0.2) is 32.4 Å². The number of hydrogen-bond acceptors (Lipinski definition) is 4. The molecule has 28 heavy (non-hydrogen) atoms. The lowest BCUT2D eigenvalue weighted by atomic mass is 9.68. The molecule has 0 radical (unpaired) electrons. The Balaban J connectivity index is 1.97. The maximum atomic E-state index is 12.5. The normalized spacial score (nSPS) is 22.0. The summed E-state index contributed by atoms with van der Waals surface area (Å²) in [6.45, 7) is 0. The van der Waals surface area contributed by atoms with Crippen LogP contribution >= 0.6 is 11.8 Å². The van der Waals surface area contributed by atoms with Gasteiger partial charge in [-0.1, -0.05) is 24.3 Å². The lowest BCUT2D eigenvalue weighted by molar-refractivity contribution is -0.129. The molecule has 0 atom stereocenters. The molecule has 3 rings (SSSR count). The Morgan fingerprint density at radius 2 is 1.96 bits per heavy atom. The molecule has 2 aromatic carbocycles. The average Bonchev–Trinajstić information content (AvgIpc) is 2.74. The van der Waals surface area contributed by atoms with Gasteiger partial charge in [0, 0.05) is 10.9 Å². The van der Waals surface area contributed by atoms with Gasteiger partial charge in [-0.2, -0.15) is 0 Å². The monoisotopic (exact) mass is 398 g/mol. The van der Waals surface area contributed by atoms with Gasteiger partial charge in [0.15, 0.2) is 0 Å². The number of carbonyl (C=O) groups is 1. The third-order valence-electron chi connectivity index (χ3n) is 6.10. The number of hydrogen-bond donors (Lipinski definition) is 2. The van der Waals surface area contributed by atoms with E-state index in [1.807, 2.05) is 13.1 Å². The van der Waals surface area contributed by atoms with Crippen LogP contribution in [0.5, 0.6) is 5.75 Å². The van der Waals surface area contributed by atoms with E-state index < -0.39 is 5.41 Å². The van der Waals surface area contributed by atoms with Crippen LogP contribution in [0.25, 0.3) is 11.1 Å². The number of rotatable bonds is 7. The second kappa shape index (κ2) is 9.01. The third-order valence-corrected chi connectivity index (χ3v) is 6.90. The highest BCUT2D eigenvalue weighted by Gasteiger charge is 2.40. The van der Waals surface area contributed by atoms with Gasteiger partial charge in [-0.25, -0.2) is 0 Å². The Morgan fingerprint density at radius 3 is 2.57 bits per heavy atom. The molecule has 1 fully saturated rings. The molecular formula is C23H30N2O2S. The number of primary amides is 1. The zero-order valence-electron chi connectivity index (χ0n) is 17.0. The molecule has 0 saturated heterocycles. The Bertz CT molecular complexity index is 829. The van der Waals surface area contributed by atoms with Crippen molar-refractivity contribution in [2.45, 2.75) is 43.0 Å². The van der Waals surface area contributed by atoms with Crippen LogP contribution in [0.4, 0.5) is 0 Å². The molecule has 3 N–H and O–H groups in total. The van der Waals surface area contributed by atoms with Gasteiger partial charge in [0.1, 0.15) is 5.75 Å². The first-order valence-corrected chi connectivity index (χ1v) is 11.0. The Kier molecular flexibility index (Phi) is 6.68. The summed E-state index contributed by atoms with van der Waals surface area (Å²) in [6, 6.07) is 15.1. The molecular weight excluding hydrogens is 368 g/mol. The lowest BCUT2D eigenvalue weighted by Crippen LogP contribution is -2.45. The number of benzene rings is 2. The highest BCUT2D eigenvalue weighted by atomic mass is 32.2. The van der Waals surface area contributed by atoms with Gasteiger partial charge in [-0.15, -0.1) is 11.8 Å². The van der Waals surface area contributed by atoms with E-state index in [1.54, 1.807) is 18.9 Å².